The fourth-order valence-corrected chi connectivity index (χ4v) is 10.2. The zero-order chi connectivity index (χ0) is 38.7. The molecule has 0 saturated heterocycles. The lowest BCUT2D eigenvalue weighted by atomic mass is 9.73. The Labute approximate surface area is 337 Å². The summed E-state index contributed by atoms with van der Waals surface area (Å²) in [6, 6.07) is 55.7. The van der Waals surface area contributed by atoms with E-state index >= 15 is 0 Å². The maximum Gasteiger partial charge on any atom is 0.155 e. The van der Waals surface area contributed by atoms with Crippen molar-refractivity contribution in [2.24, 2.45) is 15.9 Å². The summed E-state index contributed by atoms with van der Waals surface area (Å²) >= 11 is 1.72. The third-order valence-corrected chi connectivity index (χ3v) is 13.2. The first kappa shape index (κ1) is 35.0. The number of nitriles is 1. The summed E-state index contributed by atoms with van der Waals surface area (Å²) in [6.07, 6.45) is 0.926. The molecule has 1 aliphatic heterocycles. The number of rotatable bonds is 7. The third kappa shape index (κ3) is 5.66. The van der Waals surface area contributed by atoms with Crippen molar-refractivity contribution in [3.63, 3.8) is 0 Å². The first-order valence-electron chi connectivity index (χ1n) is 19.6. The summed E-state index contributed by atoms with van der Waals surface area (Å²) in [5.74, 6) is 0.875. The standard InChI is InChI=1S/C52H39N3OS/c1-4-32(2)48(36-25-27-39-41-28-26-37(30-53)50-47(41)52(3,44(39)29-36)43-18-9-11-20-46(43)57-50)55-51(54-31-33-13-6-5-7-14-33)35-23-21-34(22-24-35)38-16-12-17-42-40-15-8-10-19-45(40)56-49(38)42/h5-29,32H,4,31H2,1-3H3. The van der Waals surface area contributed by atoms with Gasteiger partial charge in [-0.2, -0.15) is 5.26 Å². The Morgan fingerprint density at radius 1 is 0.737 bits per heavy atom. The van der Waals surface area contributed by atoms with E-state index in [1.54, 1.807) is 11.8 Å². The molecule has 7 aromatic carbocycles. The zero-order valence-corrected chi connectivity index (χ0v) is 32.9. The zero-order valence-electron chi connectivity index (χ0n) is 32.1. The van der Waals surface area contributed by atoms with Gasteiger partial charge >= 0.3 is 0 Å². The Kier molecular flexibility index (Phi) is 8.54. The maximum atomic E-state index is 10.2. The molecule has 0 N–H and O–H groups in total. The third-order valence-electron chi connectivity index (χ3n) is 12.0. The first-order valence-corrected chi connectivity index (χ1v) is 20.5. The van der Waals surface area contributed by atoms with Gasteiger partial charge in [-0.25, -0.2) is 4.99 Å². The van der Waals surface area contributed by atoms with Crippen LogP contribution in [-0.2, 0) is 12.0 Å². The minimum atomic E-state index is -0.409. The summed E-state index contributed by atoms with van der Waals surface area (Å²) in [5.41, 5.74) is 14.6. The van der Waals surface area contributed by atoms with Crippen molar-refractivity contribution in [2.75, 3.05) is 0 Å². The quantitative estimate of drug-likeness (QED) is 0.120. The average Bonchev–Trinajstić information content (AvgIpc) is 3.77. The van der Waals surface area contributed by atoms with Gasteiger partial charge in [-0.1, -0.05) is 153 Å². The molecule has 5 heteroatoms. The number of aliphatic imine (C=N–C) groups is 2. The Balaban J connectivity index is 1.10. The van der Waals surface area contributed by atoms with Gasteiger partial charge in [0.2, 0.25) is 0 Å². The molecule has 0 saturated carbocycles. The minimum Gasteiger partial charge on any atom is -0.455 e. The molecule has 274 valence electrons. The van der Waals surface area contributed by atoms with Crippen LogP contribution in [0, 0.1) is 17.2 Å². The molecule has 57 heavy (non-hydrogen) atoms. The van der Waals surface area contributed by atoms with Crippen molar-refractivity contribution in [1.29, 1.82) is 5.26 Å². The van der Waals surface area contributed by atoms with Gasteiger partial charge < -0.3 is 4.42 Å². The molecule has 8 aromatic rings. The first-order chi connectivity index (χ1) is 28.0. The predicted octanol–water partition coefficient (Wildman–Crippen LogP) is 13.4. The molecule has 0 bridgehead atoms. The summed E-state index contributed by atoms with van der Waals surface area (Å²) < 4.78 is 6.40. The van der Waals surface area contributed by atoms with Crippen LogP contribution in [0.25, 0.3) is 44.2 Å². The van der Waals surface area contributed by atoms with Crippen molar-refractivity contribution in [3.05, 3.63) is 191 Å². The summed E-state index contributed by atoms with van der Waals surface area (Å²) in [4.78, 5) is 13.0. The van der Waals surface area contributed by atoms with Gasteiger partial charge in [0.05, 0.1) is 17.8 Å². The predicted molar refractivity (Wildman–Crippen MR) is 235 cm³/mol. The van der Waals surface area contributed by atoms with Crippen LogP contribution in [0.15, 0.2) is 176 Å². The molecule has 0 amide bonds. The van der Waals surface area contributed by atoms with Gasteiger partial charge in [0.15, 0.2) is 5.84 Å². The number of furan rings is 1. The molecule has 1 aromatic heterocycles. The molecule has 0 fully saturated rings. The minimum absolute atomic E-state index is 0.168. The molecule has 2 heterocycles. The van der Waals surface area contributed by atoms with Gasteiger partial charge in [0, 0.05) is 37.1 Å². The van der Waals surface area contributed by atoms with E-state index in [9.17, 15) is 5.26 Å². The molecule has 2 atom stereocenters. The topological polar surface area (TPSA) is 61.6 Å². The highest BCUT2D eigenvalue weighted by atomic mass is 32.2. The van der Waals surface area contributed by atoms with Crippen LogP contribution in [0.3, 0.4) is 0 Å². The number of para-hydroxylation sites is 2. The number of fused-ring (bicyclic) bond motifs is 8. The van der Waals surface area contributed by atoms with Crippen LogP contribution < -0.4 is 0 Å². The molecule has 1 aliphatic carbocycles. The number of hydrogen-bond acceptors (Lipinski definition) is 4. The monoisotopic (exact) mass is 753 g/mol. The highest BCUT2D eigenvalue weighted by Gasteiger charge is 2.47. The van der Waals surface area contributed by atoms with Gasteiger partial charge in [0.1, 0.15) is 17.2 Å². The van der Waals surface area contributed by atoms with Gasteiger partial charge in [-0.3, -0.25) is 4.99 Å². The SMILES string of the molecule is CCC(C)C(=NC(=NCc1ccccc1)c1ccc(-c2cccc3c2oc2ccccc23)cc1)c1ccc2c(c1)C1(C)c3ccccc3Sc3c(C#N)ccc-2c31. The number of amidine groups is 1. The van der Waals surface area contributed by atoms with Gasteiger partial charge in [-0.05, 0) is 88.0 Å². The number of benzene rings is 7. The average molecular weight is 754 g/mol. The molecule has 4 nitrogen and oxygen atoms in total. The van der Waals surface area contributed by atoms with Crippen LogP contribution in [0.2, 0.25) is 0 Å². The number of nitrogens with zero attached hydrogens (tertiary/aromatic N) is 3. The lowest BCUT2D eigenvalue weighted by molar-refractivity contribution is 0.670. The Morgan fingerprint density at radius 3 is 2.30 bits per heavy atom. The van der Waals surface area contributed by atoms with E-state index in [4.69, 9.17) is 14.4 Å². The van der Waals surface area contributed by atoms with Gasteiger partial charge in [-0.15, -0.1) is 0 Å². The van der Waals surface area contributed by atoms with Crippen molar-refractivity contribution >= 4 is 45.2 Å². The van der Waals surface area contributed by atoms with E-state index in [1.165, 1.54) is 32.7 Å². The van der Waals surface area contributed by atoms with Crippen molar-refractivity contribution in [3.8, 4) is 28.3 Å². The lowest BCUT2D eigenvalue weighted by Crippen LogP contribution is -2.27. The molecule has 10 rings (SSSR count). The van der Waals surface area contributed by atoms with Crippen LogP contribution >= 0.6 is 11.8 Å². The van der Waals surface area contributed by atoms with E-state index in [0.29, 0.717) is 12.4 Å². The molecule has 2 aliphatic rings. The van der Waals surface area contributed by atoms with E-state index in [1.807, 2.05) is 24.3 Å². The lowest BCUT2D eigenvalue weighted by Gasteiger charge is -2.36. The molecule has 0 radical (unpaired) electrons. The smallest absolute Gasteiger partial charge is 0.155 e. The largest absolute Gasteiger partial charge is 0.455 e. The second kappa shape index (κ2) is 13.9. The van der Waals surface area contributed by atoms with Crippen LogP contribution in [0.4, 0.5) is 0 Å². The molecule has 0 spiro atoms. The maximum absolute atomic E-state index is 10.2. The fraction of sp³-hybridized carbons (Fsp3) is 0.135. The fourth-order valence-electron chi connectivity index (χ4n) is 8.82. The summed E-state index contributed by atoms with van der Waals surface area (Å²) in [7, 11) is 0. The number of hydrogen-bond donors (Lipinski definition) is 0. The van der Waals surface area contributed by atoms with Crippen molar-refractivity contribution < 1.29 is 4.42 Å². The Hall–Kier alpha value is -6.48. The molecular formula is C52H39N3OS. The second-order valence-electron chi connectivity index (χ2n) is 15.2. The molecule has 2 unspecified atom stereocenters. The van der Waals surface area contributed by atoms with E-state index < -0.39 is 5.41 Å². The Morgan fingerprint density at radius 2 is 1.47 bits per heavy atom. The molecular weight excluding hydrogens is 715 g/mol. The van der Waals surface area contributed by atoms with Crippen LogP contribution in [0.5, 0.6) is 0 Å². The van der Waals surface area contributed by atoms with Crippen molar-refractivity contribution in [1.82, 2.24) is 0 Å². The highest BCUT2D eigenvalue weighted by molar-refractivity contribution is 7.99. The highest BCUT2D eigenvalue weighted by Crippen LogP contribution is 2.61. The van der Waals surface area contributed by atoms with Gasteiger partial charge in [0.25, 0.3) is 0 Å². The normalized spacial score (nSPS) is 16.2. The summed E-state index contributed by atoms with van der Waals surface area (Å²) in [6.45, 7) is 7.34. The summed E-state index contributed by atoms with van der Waals surface area (Å²) in [5, 5.41) is 12.4. The van der Waals surface area contributed by atoms with Crippen LogP contribution in [-0.4, -0.2) is 11.5 Å². The second-order valence-corrected chi connectivity index (χ2v) is 16.3. The van der Waals surface area contributed by atoms with Crippen LogP contribution in [0.1, 0.15) is 66.1 Å². The Bertz CT molecular complexity index is 2990. The van der Waals surface area contributed by atoms with E-state index in [2.05, 4.69) is 154 Å². The van der Waals surface area contributed by atoms with E-state index in [-0.39, 0.29) is 5.92 Å². The van der Waals surface area contributed by atoms with E-state index in [0.717, 1.165) is 72.3 Å². The van der Waals surface area contributed by atoms with Crippen molar-refractivity contribution in [2.45, 2.75) is 48.9 Å².